The molecule has 1 atom stereocenters. The lowest BCUT2D eigenvalue weighted by atomic mass is 10.0. The molecule has 156 valence electrons. The van der Waals surface area contributed by atoms with Gasteiger partial charge in [0.05, 0.1) is 6.04 Å². The van der Waals surface area contributed by atoms with E-state index in [4.69, 9.17) is 4.98 Å². The summed E-state index contributed by atoms with van der Waals surface area (Å²) in [7, 11) is 0. The van der Waals surface area contributed by atoms with E-state index >= 15 is 0 Å². The van der Waals surface area contributed by atoms with Gasteiger partial charge in [-0.1, -0.05) is 98.8 Å². The van der Waals surface area contributed by atoms with E-state index in [1.54, 1.807) is 0 Å². The van der Waals surface area contributed by atoms with E-state index < -0.39 is 0 Å². The molecule has 0 saturated heterocycles. The summed E-state index contributed by atoms with van der Waals surface area (Å²) >= 11 is 0. The number of carbonyl (C=O) groups excluding carboxylic acids is 1. The van der Waals surface area contributed by atoms with Gasteiger partial charge in [0, 0.05) is 11.1 Å². The summed E-state index contributed by atoms with van der Waals surface area (Å²) in [5.74, 6) is 0.535. The van der Waals surface area contributed by atoms with Crippen LogP contribution < -0.4 is 5.32 Å². The third-order valence-electron chi connectivity index (χ3n) is 5.53. The summed E-state index contributed by atoms with van der Waals surface area (Å²) < 4.78 is 0. The summed E-state index contributed by atoms with van der Waals surface area (Å²) in [6.07, 6.45) is 1.77. The molecule has 4 aromatic rings. The maximum absolute atomic E-state index is 13.4. The maximum Gasteiger partial charge on any atom is 0.270 e. The standard InChI is InChI=1S/C27H27N3O/c1-3-19-15-17-21(18-16-19)24-25(30-26(29-24)22-13-9-6-10-14-22)27(31)28-23(4-2)20-11-7-5-8-12-20/h5-18,23H,3-4H2,1-2H3,(H,28,31)(H,29,30). The first-order valence-electron chi connectivity index (χ1n) is 10.8. The molecule has 0 aliphatic rings. The maximum atomic E-state index is 13.4. The Morgan fingerprint density at radius 1 is 0.871 bits per heavy atom. The quantitative estimate of drug-likeness (QED) is 0.382. The molecule has 0 spiro atoms. The predicted molar refractivity (Wildman–Crippen MR) is 126 cm³/mol. The number of rotatable bonds is 7. The van der Waals surface area contributed by atoms with Crippen LogP contribution in [-0.2, 0) is 6.42 Å². The second-order valence-corrected chi connectivity index (χ2v) is 7.57. The third kappa shape index (κ3) is 4.58. The van der Waals surface area contributed by atoms with Crippen LogP contribution >= 0.6 is 0 Å². The van der Waals surface area contributed by atoms with Crippen molar-refractivity contribution in [2.45, 2.75) is 32.7 Å². The molecule has 1 amide bonds. The van der Waals surface area contributed by atoms with Crippen molar-refractivity contribution in [1.29, 1.82) is 0 Å². The van der Waals surface area contributed by atoms with Crippen molar-refractivity contribution in [2.75, 3.05) is 0 Å². The summed E-state index contributed by atoms with van der Waals surface area (Å²) in [5, 5.41) is 3.19. The molecule has 4 rings (SSSR count). The van der Waals surface area contributed by atoms with E-state index in [2.05, 4.69) is 36.3 Å². The van der Waals surface area contributed by atoms with Crippen LogP contribution in [0.15, 0.2) is 84.9 Å². The monoisotopic (exact) mass is 409 g/mol. The van der Waals surface area contributed by atoms with Crippen LogP contribution in [0.5, 0.6) is 0 Å². The Morgan fingerprint density at radius 2 is 1.52 bits per heavy atom. The number of aromatic amines is 1. The molecular formula is C27H27N3O. The molecule has 31 heavy (non-hydrogen) atoms. The van der Waals surface area contributed by atoms with Crippen LogP contribution in [0, 0.1) is 0 Å². The van der Waals surface area contributed by atoms with Crippen molar-refractivity contribution in [3.63, 3.8) is 0 Å². The van der Waals surface area contributed by atoms with Crippen molar-refractivity contribution in [3.05, 3.63) is 102 Å². The van der Waals surface area contributed by atoms with Crippen molar-refractivity contribution < 1.29 is 4.79 Å². The molecule has 0 saturated carbocycles. The zero-order valence-corrected chi connectivity index (χ0v) is 17.9. The molecule has 0 fully saturated rings. The number of imidazole rings is 1. The Labute approximate surface area is 183 Å². The van der Waals surface area contributed by atoms with Gasteiger partial charge in [-0.2, -0.15) is 0 Å². The summed E-state index contributed by atoms with van der Waals surface area (Å²) in [6, 6.07) is 28.1. The van der Waals surface area contributed by atoms with Crippen LogP contribution in [0.2, 0.25) is 0 Å². The summed E-state index contributed by atoms with van der Waals surface area (Å²) in [6.45, 7) is 4.20. The number of hydrogen-bond acceptors (Lipinski definition) is 2. The number of carbonyl (C=O) groups is 1. The van der Waals surface area contributed by atoms with Gasteiger partial charge in [0.25, 0.3) is 5.91 Å². The minimum absolute atomic E-state index is 0.0625. The third-order valence-corrected chi connectivity index (χ3v) is 5.53. The molecule has 0 aliphatic carbocycles. The molecule has 1 aromatic heterocycles. The molecule has 3 aromatic carbocycles. The van der Waals surface area contributed by atoms with E-state index in [0.717, 1.165) is 29.5 Å². The lowest BCUT2D eigenvalue weighted by Crippen LogP contribution is -2.28. The topological polar surface area (TPSA) is 57.8 Å². The van der Waals surface area contributed by atoms with Gasteiger partial charge in [0.1, 0.15) is 17.2 Å². The van der Waals surface area contributed by atoms with E-state index in [0.29, 0.717) is 17.2 Å². The van der Waals surface area contributed by atoms with E-state index in [1.807, 2.05) is 72.8 Å². The Morgan fingerprint density at radius 3 is 2.13 bits per heavy atom. The second kappa shape index (κ2) is 9.43. The average molecular weight is 410 g/mol. The Balaban J connectivity index is 1.72. The van der Waals surface area contributed by atoms with Crippen molar-refractivity contribution >= 4 is 5.91 Å². The highest BCUT2D eigenvalue weighted by molar-refractivity contribution is 5.99. The van der Waals surface area contributed by atoms with Crippen LogP contribution in [0.3, 0.4) is 0 Å². The van der Waals surface area contributed by atoms with Crippen molar-refractivity contribution in [3.8, 4) is 22.6 Å². The number of amides is 1. The molecule has 1 unspecified atom stereocenters. The number of nitrogens with one attached hydrogen (secondary N) is 2. The van der Waals surface area contributed by atoms with Crippen LogP contribution in [0.4, 0.5) is 0 Å². The molecular weight excluding hydrogens is 382 g/mol. The minimum Gasteiger partial charge on any atom is -0.344 e. The van der Waals surface area contributed by atoms with Crippen molar-refractivity contribution in [1.82, 2.24) is 15.3 Å². The summed E-state index contributed by atoms with van der Waals surface area (Å²) in [4.78, 5) is 21.5. The van der Waals surface area contributed by atoms with Crippen molar-refractivity contribution in [2.24, 2.45) is 0 Å². The second-order valence-electron chi connectivity index (χ2n) is 7.57. The molecule has 2 N–H and O–H groups in total. The first kappa shape index (κ1) is 20.6. The SMILES string of the molecule is CCc1ccc(-c2nc(-c3ccccc3)[nH]c2C(=O)NC(CC)c2ccccc2)cc1. The molecule has 4 nitrogen and oxygen atoms in total. The van der Waals surface area contributed by atoms with E-state index in [-0.39, 0.29) is 11.9 Å². The van der Waals surface area contributed by atoms with Gasteiger partial charge < -0.3 is 10.3 Å². The highest BCUT2D eigenvalue weighted by Crippen LogP contribution is 2.27. The largest absolute Gasteiger partial charge is 0.344 e. The van der Waals surface area contributed by atoms with Gasteiger partial charge in [-0.05, 0) is 24.0 Å². The molecule has 0 aliphatic heterocycles. The first-order valence-corrected chi connectivity index (χ1v) is 10.8. The van der Waals surface area contributed by atoms with Crippen LogP contribution in [0.25, 0.3) is 22.6 Å². The van der Waals surface area contributed by atoms with Gasteiger partial charge in [-0.15, -0.1) is 0 Å². The van der Waals surface area contributed by atoms with Gasteiger partial charge in [0.15, 0.2) is 0 Å². The average Bonchev–Trinajstić information content (AvgIpc) is 3.29. The predicted octanol–water partition coefficient (Wildman–Crippen LogP) is 6.19. The van der Waals surface area contributed by atoms with E-state index in [1.165, 1.54) is 5.56 Å². The zero-order chi connectivity index (χ0) is 21.6. The Bertz CT molecular complexity index is 1130. The normalized spacial score (nSPS) is 11.8. The highest BCUT2D eigenvalue weighted by Gasteiger charge is 2.22. The van der Waals surface area contributed by atoms with Crippen LogP contribution in [0.1, 0.15) is 47.9 Å². The van der Waals surface area contributed by atoms with E-state index in [9.17, 15) is 4.79 Å². The minimum atomic E-state index is -0.153. The zero-order valence-electron chi connectivity index (χ0n) is 17.9. The first-order chi connectivity index (χ1) is 15.2. The Kier molecular flexibility index (Phi) is 6.27. The number of H-pyrrole nitrogens is 1. The molecule has 0 radical (unpaired) electrons. The van der Waals surface area contributed by atoms with Gasteiger partial charge in [0.2, 0.25) is 0 Å². The number of hydrogen-bond donors (Lipinski definition) is 2. The lowest BCUT2D eigenvalue weighted by Gasteiger charge is -2.17. The summed E-state index contributed by atoms with van der Waals surface area (Å²) in [5.41, 5.74) is 5.37. The Hall–Kier alpha value is -3.66. The fourth-order valence-corrected chi connectivity index (χ4v) is 3.71. The number of nitrogens with zero attached hydrogens (tertiary/aromatic N) is 1. The van der Waals surface area contributed by atoms with Gasteiger partial charge in [-0.25, -0.2) is 4.98 Å². The fraction of sp³-hybridized carbons (Fsp3) is 0.185. The molecule has 1 heterocycles. The number of benzene rings is 3. The molecule has 4 heteroatoms. The van der Waals surface area contributed by atoms with Gasteiger partial charge in [-0.3, -0.25) is 4.79 Å². The van der Waals surface area contributed by atoms with Crippen LogP contribution in [-0.4, -0.2) is 15.9 Å². The highest BCUT2D eigenvalue weighted by atomic mass is 16.2. The van der Waals surface area contributed by atoms with Gasteiger partial charge >= 0.3 is 0 Å². The number of aromatic nitrogens is 2. The number of aryl methyl sites for hydroxylation is 1. The lowest BCUT2D eigenvalue weighted by molar-refractivity contribution is 0.0932. The molecule has 0 bridgehead atoms. The smallest absolute Gasteiger partial charge is 0.270 e. The fourth-order valence-electron chi connectivity index (χ4n) is 3.71.